The first-order valence-corrected chi connectivity index (χ1v) is 8.83. The minimum absolute atomic E-state index is 0.282. The zero-order valence-electron chi connectivity index (χ0n) is 15.0. The van der Waals surface area contributed by atoms with Gasteiger partial charge in [-0.05, 0) is 61.5 Å². The van der Waals surface area contributed by atoms with E-state index < -0.39 is 0 Å². The number of hydrazone groups is 1. The molecule has 0 bridgehead atoms. The lowest BCUT2D eigenvalue weighted by Gasteiger charge is -2.06. The lowest BCUT2D eigenvalue weighted by molar-refractivity contribution is 0.0954. The van der Waals surface area contributed by atoms with Gasteiger partial charge in [0.1, 0.15) is 0 Å². The number of aryl methyl sites for hydroxylation is 1. The maximum atomic E-state index is 12.2. The molecule has 1 heterocycles. The number of nitrogens with zero attached hydrogens (tertiary/aromatic N) is 2. The van der Waals surface area contributed by atoms with Crippen LogP contribution in [-0.2, 0) is 0 Å². The van der Waals surface area contributed by atoms with E-state index in [9.17, 15) is 9.59 Å². The summed E-state index contributed by atoms with van der Waals surface area (Å²) in [5.74, 6) is -0.647. The summed E-state index contributed by atoms with van der Waals surface area (Å²) < 4.78 is 0. The summed E-state index contributed by atoms with van der Waals surface area (Å²) in [5.41, 5.74) is 5.39. The topological polar surface area (TPSA) is 83.5 Å². The molecule has 0 radical (unpaired) electrons. The Kier molecular flexibility index (Phi) is 6.14. The molecule has 0 aliphatic carbocycles. The van der Waals surface area contributed by atoms with E-state index >= 15 is 0 Å². The van der Waals surface area contributed by atoms with Crippen molar-refractivity contribution >= 4 is 35.3 Å². The molecule has 0 aliphatic heterocycles. The quantitative estimate of drug-likeness (QED) is 0.507. The van der Waals surface area contributed by atoms with Gasteiger partial charge in [-0.15, -0.1) is 0 Å². The molecule has 7 heteroatoms. The van der Waals surface area contributed by atoms with Gasteiger partial charge in [0.15, 0.2) is 0 Å². The molecule has 0 spiro atoms. The van der Waals surface area contributed by atoms with Crippen LogP contribution in [-0.4, -0.2) is 23.0 Å². The van der Waals surface area contributed by atoms with Crippen molar-refractivity contribution in [1.82, 2.24) is 10.4 Å². The van der Waals surface area contributed by atoms with E-state index in [1.807, 2.05) is 19.1 Å². The van der Waals surface area contributed by atoms with Gasteiger partial charge in [0.05, 0.1) is 11.9 Å². The molecule has 0 aliphatic rings. The molecule has 28 heavy (non-hydrogen) atoms. The maximum absolute atomic E-state index is 12.2. The lowest BCUT2D eigenvalue weighted by Crippen LogP contribution is -2.18. The molecule has 140 valence electrons. The van der Waals surface area contributed by atoms with Crippen molar-refractivity contribution in [3.63, 3.8) is 0 Å². The molecule has 3 rings (SSSR count). The van der Waals surface area contributed by atoms with Crippen molar-refractivity contribution in [2.75, 3.05) is 5.32 Å². The predicted octanol–water partition coefficient (Wildman–Crippen LogP) is 4.06. The Labute approximate surface area is 167 Å². The van der Waals surface area contributed by atoms with Crippen LogP contribution in [0.3, 0.4) is 0 Å². The minimum atomic E-state index is -0.364. The van der Waals surface area contributed by atoms with Gasteiger partial charge in [-0.2, -0.15) is 5.10 Å². The molecule has 0 unspecified atom stereocenters. The van der Waals surface area contributed by atoms with E-state index in [-0.39, 0.29) is 11.8 Å². The number of hydrogen-bond acceptors (Lipinski definition) is 4. The van der Waals surface area contributed by atoms with E-state index in [1.54, 1.807) is 54.6 Å². The van der Waals surface area contributed by atoms with Gasteiger partial charge < -0.3 is 5.32 Å². The maximum Gasteiger partial charge on any atom is 0.271 e. The van der Waals surface area contributed by atoms with Gasteiger partial charge in [-0.25, -0.2) is 5.43 Å². The third-order valence-electron chi connectivity index (χ3n) is 3.76. The molecule has 0 atom stereocenters. The Morgan fingerprint density at radius 1 is 0.964 bits per heavy atom. The highest BCUT2D eigenvalue weighted by atomic mass is 35.5. The van der Waals surface area contributed by atoms with E-state index in [0.29, 0.717) is 27.5 Å². The minimum Gasteiger partial charge on any atom is -0.322 e. The Morgan fingerprint density at radius 3 is 2.43 bits per heavy atom. The molecular weight excluding hydrogens is 376 g/mol. The molecule has 0 saturated carbocycles. The van der Waals surface area contributed by atoms with Crippen LogP contribution in [0, 0.1) is 6.92 Å². The van der Waals surface area contributed by atoms with Gasteiger partial charge in [0.25, 0.3) is 11.8 Å². The third kappa shape index (κ3) is 5.25. The number of pyridine rings is 1. The second-order valence-electron chi connectivity index (χ2n) is 5.94. The van der Waals surface area contributed by atoms with Crippen LogP contribution in [0.4, 0.5) is 5.69 Å². The van der Waals surface area contributed by atoms with Gasteiger partial charge >= 0.3 is 0 Å². The zero-order valence-corrected chi connectivity index (χ0v) is 15.8. The van der Waals surface area contributed by atoms with E-state index in [2.05, 4.69) is 20.8 Å². The van der Waals surface area contributed by atoms with Crippen LogP contribution in [0.2, 0.25) is 5.02 Å². The number of hydrogen-bond donors (Lipinski definition) is 2. The van der Waals surface area contributed by atoms with Crippen molar-refractivity contribution < 1.29 is 9.59 Å². The van der Waals surface area contributed by atoms with Crippen molar-refractivity contribution in [2.45, 2.75) is 6.92 Å². The van der Waals surface area contributed by atoms with E-state index in [0.717, 1.165) is 5.69 Å². The summed E-state index contributed by atoms with van der Waals surface area (Å²) >= 11 is 5.90. The highest BCUT2D eigenvalue weighted by Gasteiger charge is 2.08. The summed E-state index contributed by atoms with van der Waals surface area (Å²) in [6.45, 7) is 1.88. The monoisotopic (exact) mass is 392 g/mol. The van der Waals surface area contributed by atoms with Gasteiger partial charge in [0, 0.05) is 27.5 Å². The van der Waals surface area contributed by atoms with Crippen LogP contribution in [0.1, 0.15) is 32.1 Å². The molecule has 6 nitrogen and oxygen atoms in total. The number of carbonyl (C=O) groups is 2. The first kappa shape index (κ1) is 19.3. The van der Waals surface area contributed by atoms with Gasteiger partial charge in [0.2, 0.25) is 0 Å². The van der Waals surface area contributed by atoms with Crippen molar-refractivity contribution in [1.29, 1.82) is 0 Å². The average Bonchev–Trinajstić information content (AvgIpc) is 2.68. The van der Waals surface area contributed by atoms with Crippen molar-refractivity contribution in [2.24, 2.45) is 5.10 Å². The summed E-state index contributed by atoms with van der Waals surface area (Å²) in [7, 11) is 0. The predicted molar refractivity (Wildman–Crippen MR) is 110 cm³/mol. The molecule has 2 amide bonds. The highest BCUT2D eigenvalue weighted by molar-refractivity contribution is 6.31. The summed E-state index contributed by atoms with van der Waals surface area (Å²) in [5, 5.41) is 7.15. The Bertz CT molecular complexity index is 1030. The van der Waals surface area contributed by atoms with Crippen LogP contribution < -0.4 is 10.7 Å². The standard InChI is InChI=1S/C21H17ClN4O2/c1-14-4-2-7-19(24-14)13-23-26-21(28)15-8-10-18(11-9-15)25-20(27)16-5-3-6-17(22)12-16/h2-13H,1H3,(H,25,27)(H,26,28)/b23-13+. The first-order chi connectivity index (χ1) is 13.5. The molecule has 0 fully saturated rings. The number of carbonyl (C=O) groups excluding carboxylic acids is 2. The number of benzene rings is 2. The molecule has 1 aromatic heterocycles. The highest BCUT2D eigenvalue weighted by Crippen LogP contribution is 2.14. The fraction of sp³-hybridized carbons (Fsp3) is 0.0476. The van der Waals surface area contributed by atoms with Gasteiger partial charge in [-0.3, -0.25) is 14.6 Å². The first-order valence-electron chi connectivity index (χ1n) is 8.45. The van der Waals surface area contributed by atoms with Crippen LogP contribution in [0.15, 0.2) is 71.8 Å². The molecular formula is C21H17ClN4O2. The number of amides is 2. The molecule has 2 N–H and O–H groups in total. The smallest absolute Gasteiger partial charge is 0.271 e. The fourth-order valence-corrected chi connectivity index (χ4v) is 2.59. The van der Waals surface area contributed by atoms with Crippen molar-refractivity contribution in [3.05, 3.63) is 94.3 Å². The third-order valence-corrected chi connectivity index (χ3v) is 4.00. The lowest BCUT2D eigenvalue weighted by atomic mass is 10.1. The SMILES string of the molecule is Cc1cccc(/C=N/NC(=O)c2ccc(NC(=O)c3cccc(Cl)c3)cc2)n1. The second kappa shape index (κ2) is 8.92. The fourth-order valence-electron chi connectivity index (χ4n) is 2.40. The Balaban J connectivity index is 1.59. The Morgan fingerprint density at radius 2 is 1.71 bits per heavy atom. The zero-order chi connectivity index (χ0) is 19.9. The number of nitrogens with one attached hydrogen (secondary N) is 2. The largest absolute Gasteiger partial charge is 0.322 e. The van der Waals surface area contributed by atoms with Gasteiger partial charge in [-0.1, -0.05) is 23.7 Å². The summed E-state index contributed by atoms with van der Waals surface area (Å²) in [4.78, 5) is 28.6. The molecule has 0 saturated heterocycles. The average molecular weight is 393 g/mol. The van der Waals surface area contributed by atoms with E-state index in [4.69, 9.17) is 11.6 Å². The van der Waals surface area contributed by atoms with Crippen molar-refractivity contribution in [3.8, 4) is 0 Å². The summed E-state index contributed by atoms with van der Waals surface area (Å²) in [6.07, 6.45) is 1.48. The number of aromatic nitrogens is 1. The second-order valence-corrected chi connectivity index (χ2v) is 6.38. The van der Waals surface area contributed by atoms with Crippen LogP contribution in [0.25, 0.3) is 0 Å². The number of anilines is 1. The number of rotatable bonds is 5. The molecule has 2 aromatic carbocycles. The van der Waals surface area contributed by atoms with Crippen LogP contribution in [0.5, 0.6) is 0 Å². The Hall–Kier alpha value is -3.51. The molecule has 3 aromatic rings. The van der Waals surface area contributed by atoms with Crippen LogP contribution >= 0.6 is 11.6 Å². The summed E-state index contributed by atoms with van der Waals surface area (Å²) in [6, 6.07) is 18.7. The normalized spacial score (nSPS) is 10.6. The number of halogens is 1. The van der Waals surface area contributed by atoms with E-state index in [1.165, 1.54) is 6.21 Å².